The van der Waals surface area contributed by atoms with Gasteiger partial charge in [0, 0.05) is 38.3 Å². The highest BCUT2D eigenvalue weighted by Crippen LogP contribution is 2.55. The Morgan fingerprint density at radius 3 is 2.06 bits per heavy atom. The van der Waals surface area contributed by atoms with Crippen LogP contribution in [-0.2, 0) is 10.0 Å². The molecule has 5 nitrogen and oxygen atoms in total. The normalized spacial score (nSPS) is 28.9. The fourth-order valence-corrected chi connectivity index (χ4v) is 3.82. The lowest BCUT2D eigenvalue weighted by Crippen LogP contribution is -2.62. The summed E-state index contributed by atoms with van der Waals surface area (Å²) < 4.78 is 24.6. The van der Waals surface area contributed by atoms with Crippen molar-refractivity contribution in [3.63, 3.8) is 0 Å². The van der Waals surface area contributed by atoms with Gasteiger partial charge < -0.3 is 5.73 Å². The first kappa shape index (κ1) is 14.2. The number of hydrogen-bond acceptors (Lipinski definition) is 4. The lowest BCUT2D eigenvalue weighted by molar-refractivity contribution is 0.0222. The maximum absolute atomic E-state index is 11.5. The van der Waals surface area contributed by atoms with Crippen LogP contribution in [0.15, 0.2) is 0 Å². The number of nitrogens with two attached hydrogens (primary N) is 1. The zero-order chi connectivity index (χ0) is 13.6. The molecule has 1 saturated heterocycles. The van der Waals surface area contributed by atoms with E-state index in [-0.39, 0.29) is 5.54 Å². The first-order valence-electron chi connectivity index (χ1n) is 6.63. The van der Waals surface area contributed by atoms with Crippen LogP contribution in [0.4, 0.5) is 0 Å². The second kappa shape index (κ2) is 4.44. The monoisotopic (exact) mass is 275 g/mol. The van der Waals surface area contributed by atoms with Crippen LogP contribution in [-0.4, -0.2) is 62.1 Å². The molecule has 0 aromatic heterocycles. The van der Waals surface area contributed by atoms with E-state index >= 15 is 0 Å². The van der Waals surface area contributed by atoms with Crippen LogP contribution in [0.25, 0.3) is 0 Å². The molecule has 0 bridgehead atoms. The van der Waals surface area contributed by atoms with Crippen LogP contribution >= 0.6 is 0 Å². The summed E-state index contributed by atoms with van der Waals surface area (Å²) in [5, 5.41) is 0. The van der Waals surface area contributed by atoms with Gasteiger partial charge in [-0.15, -0.1) is 0 Å². The fraction of sp³-hybridized carbons (Fsp3) is 1.00. The van der Waals surface area contributed by atoms with Crippen molar-refractivity contribution >= 4 is 10.0 Å². The molecule has 2 fully saturated rings. The van der Waals surface area contributed by atoms with Gasteiger partial charge in [-0.1, -0.05) is 6.92 Å². The van der Waals surface area contributed by atoms with E-state index in [9.17, 15) is 8.42 Å². The Kier molecular flexibility index (Phi) is 3.51. The quantitative estimate of drug-likeness (QED) is 0.789. The van der Waals surface area contributed by atoms with Crippen molar-refractivity contribution < 1.29 is 8.42 Å². The first-order valence-corrected chi connectivity index (χ1v) is 8.48. The van der Waals surface area contributed by atoms with Crippen molar-refractivity contribution in [2.75, 3.05) is 39.0 Å². The molecular weight excluding hydrogens is 250 g/mol. The van der Waals surface area contributed by atoms with Crippen molar-refractivity contribution in [3.05, 3.63) is 0 Å². The van der Waals surface area contributed by atoms with Crippen LogP contribution in [0.3, 0.4) is 0 Å². The van der Waals surface area contributed by atoms with Gasteiger partial charge in [0.25, 0.3) is 0 Å². The molecule has 1 atom stereocenters. The van der Waals surface area contributed by atoms with Gasteiger partial charge in [-0.2, -0.15) is 4.31 Å². The predicted octanol–water partition coefficient (Wildman–Crippen LogP) is 0.0811. The molecule has 2 rings (SSSR count). The summed E-state index contributed by atoms with van der Waals surface area (Å²) in [7, 11) is -3.05. The summed E-state index contributed by atoms with van der Waals surface area (Å²) in [5.41, 5.74) is 6.34. The third-order valence-corrected chi connectivity index (χ3v) is 6.41. The molecule has 0 spiro atoms. The second-order valence-corrected chi connectivity index (χ2v) is 8.17. The van der Waals surface area contributed by atoms with Gasteiger partial charge in [-0.25, -0.2) is 8.42 Å². The fourth-order valence-electron chi connectivity index (χ4n) is 3.00. The number of hydrogen-bond donors (Lipinski definition) is 1. The summed E-state index contributed by atoms with van der Waals surface area (Å²) in [6.07, 6.45) is 3.74. The third kappa shape index (κ3) is 2.31. The molecule has 1 unspecified atom stereocenters. The molecule has 1 heterocycles. The number of nitrogens with zero attached hydrogens (tertiary/aromatic N) is 2. The van der Waals surface area contributed by atoms with Crippen molar-refractivity contribution in [2.24, 2.45) is 11.1 Å². The molecule has 6 heteroatoms. The highest BCUT2D eigenvalue weighted by Gasteiger charge is 2.55. The molecule has 18 heavy (non-hydrogen) atoms. The molecule has 0 radical (unpaired) electrons. The van der Waals surface area contributed by atoms with E-state index < -0.39 is 10.0 Å². The standard InChI is InChI=1S/C12H25N3O2S/c1-11(4-5-11)12(2,10-13)14-6-8-15(9-7-14)18(3,16)17/h4-10,13H2,1-3H3. The molecule has 1 aliphatic heterocycles. The van der Waals surface area contributed by atoms with Gasteiger partial charge in [0.15, 0.2) is 0 Å². The van der Waals surface area contributed by atoms with E-state index in [1.165, 1.54) is 19.1 Å². The van der Waals surface area contributed by atoms with Gasteiger partial charge in [0.1, 0.15) is 0 Å². The molecule has 2 aliphatic rings. The summed E-state index contributed by atoms with van der Waals surface area (Å²) in [4.78, 5) is 2.39. The second-order valence-electron chi connectivity index (χ2n) is 6.19. The van der Waals surface area contributed by atoms with Gasteiger partial charge >= 0.3 is 0 Å². The zero-order valence-electron chi connectivity index (χ0n) is 11.6. The van der Waals surface area contributed by atoms with Crippen molar-refractivity contribution in [1.29, 1.82) is 0 Å². The molecule has 0 aromatic rings. The van der Waals surface area contributed by atoms with Gasteiger partial charge in [0.2, 0.25) is 10.0 Å². The Balaban J connectivity index is 2.05. The molecule has 106 valence electrons. The van der Waals surface area contributed by atoms with E-state index in [0.717, 1.165) is 13.1 Å². The maximum atomic E-state index is 11.5. The molecule has 2 N–H and O–H groups in total. The van der Waals surface area contributed by atoms with Gasteiger partial charge in [-0.3, -0.25) is 4.90 Å². The zero-order valence-corrected chi connectivity index (χ0v) is 12.5. The average Bonchev–Trinajstić information content (AvgIpc) is 3.07. The molecule has 1 aliphatic carbocycles. The van der Waals surface area contributed by atoms with Crippen molar-refractivity contribution in [2.45, 2.75) is 32.2 Å². The lowest BCUT2D eigenvalue weighted by Gasteiger charge is -2.48. The maximum Gasteiger partial charge on any atom is 0.211 e. The number of piperazine rings is 1. The lowest BCUT2D eigenvalue weighted by atomic mass is 9.81. The molecular formula is C12H25N3O2S. The number of rotatable bonds is 4. The van der Waals surface area contributed by atoms with Crippen LogP contribution in [0, 0.1) is 5.41 Å². The van der Waals surface area contributed by atoms with Crippen LogP contribution < -0.4 is 5.73 Å². The van der Waals surface area contributed by atoms with Crippen LogP contribution in [0.1, 0.15) is 26.7 Å². The summed E-state index contributed by atoms with van der Waals surface area (Å²) in [6.45, 7) is 7.92. The topological polar surface area (TPSA) is 66.6 Å². The molecule has 0 aromatic carbocycles. The average molecular weight is 275 g/mol. The highest BCUT2D eigenvalue weighted by molar-refractivity contribution is 7.88. The Morgan fingerprint density at radius 2 is 1.72 bits per heavy atom. The largest absolute Gasteiger partial charge is 0.329 e. The van der Waals surface area contributed by atoms with E-state index in [2.05, 4.69) is 18.7 Å². The van der Waals surface area contributed by atoms with Crippen LogP contribution in [0.5, 0.6) is 0 Å². The smallest absolute Gasteiger partial charge is 0.211 e. The van der Waals surface area contributed by atoms with Gasteiger partial charge in [-0.05, 0) is 25.2 Å². The first-order chi connectivity index (χ1) is 8.23. The number of sulfonamides is 1. The Hall–Kier alpha value is -0.170. The predicted molar refractivity (Wildman–Crippen MR) is 72.8 cm³/mol. The Morgan fingerprint density at radius 1 is 1.22 bits per heavy atom. The van der Waals surface area contributed by atoms with E-state index in [1.54, 1.807) is 4.31 Å². The Labute approximate surface area is 110 Å². The summed E-state index contributed by atoms with van der Waals surface area (Å²) in [6, 6.07) is 0. The molecule has 0 amide bonds. The minimum atomic E-state index is -3.05. The third-order valence-electron chi connectivity index (χ3n) is 5.10. The Bertz CT molecular complexity index is 411. The summed E-state index contributed by atoms with van der Waals surface area (Å²) >= 11 is 0. The van der Waals surface area contributed by atoms with E-state index in [0.29, 0.717) is 25.0 Å². The van der Waals surface area contributed by atoms with E-state index in [1.807, 2.05) is 0 Å². The van der Waals surface area contributed by atoms with Crippen LogP contribution in [0.2, 0.25) is 0 Å². The summed E-state index contributed by atoms with van der Waals surface area (Å²) in [5.74, 6) is 0. The molecule has 1 saturated carbocycles. The van der Waals surface area contributed by atoms with Gasteiger partial charge in [0.05, 0.1) is 6.26 Å². The highest BCUT2D eigenvalue weighted by atomic mass is 32.2. The minimum Gasteiger partial charge on any atom is -0.329 e. The minimum absolute atomic E-state index is 0.0105. The SMILES string of the molecule is CC1(C(C)(CN)N2CCN(S(C)(=O)=O)CC2)CC1. The van der Waals surface area contributed by atoms with Crippen molar-refractivity contribution in [3.8, 4) is 0 Å². The van der Waals surface area contributed by atoms with Crippen molar-refractivity contribution in [1.82, 2.24) is 9.21 Å². The van der Waals surface area contributed by atoms with E-state index in [4.69, 9.17) is 5.73 Å².